The molecule has 0 bridgehead atoms. The van der Waals surface area contributed by atoms with Crippen LogP contribution in [0.25, 0.3) is 0 Å². The van der Waals surface area contributed by atoms with Crippen molar-refractivity contribution < 1.29 is 14.6 Å². The minimum Gasteiger partial charge on any atom is -0.483 e. The number of hydrogen-bond donors (Lipinski definition) is 1. The van der Waals surface area contributed by atoms with Gasteiger partial charge in [0, 0.05) is 19.2 Å². The van der Waals surface area contributed by atoms with E-state index in [0.29, 0.717) is 18.7 Å². The van der Waals surface area contributed by atoms with Crippen LogP contribution in [0.15, 0.2) is 22.7 Å². The van der Waals surface area contributed by atoms with Gasteiger partial charge < -0.3 is 14.7 Å². The molecule has 0 unspecified atom stereocenters. The van der Waals surface area contributed by atoms with Crippen molar-refractivity contribution in [1.29, 1.82) is 0 Å². The molecule has 0 radical (unpaired) electrons. The molecule has 1 amide bonds. The molecule has 1 aromatic rings. The normalized spacial score (nSPS) is 10.7. The summed E-state index contributed by atoms with van der Waals surface area (Å²) in [7, 11) is 0. The van der Waals surface area contributed by atoms with Crippen LogP contribution in [0.5, 0.6) is 5.75 Å². The Morgan fingerprint density at radius 1 is 1.45 bits per heavy atom. The zero-order chi connectivity index (χ0) is 15.1. The standard InChI is InChI=1S/C15H22BrNO3/c1-11(2)17(7-4-8-18)15(19)10-20-14-6-5-12(3)9-13(14)16/h5-6,9,11,18H,4,7-8,10H2,1-3H3. The number of aliphatic hydroxyl groups excluding tert-OH is 1. The molecule has 20 heavy (non-hydrogen) atoms. The van der Waals surface area contributed by atoms with E-state index in [1.807, 2.05) is 39.0 Å². The summed E-state index contributed by atoms with van der Waals surface area (Å²) in [4.78, 5) is 13.9. The Morgan fingerprint density at radius 2 is 2.15 bits per heavy atom. The summed E-state index contributed by atoms with van der Waals surface area (Å²) in [5.41, 5.74) is 1.13. The van der Waals surface area contributed by atoms with Crippen LogP contribution in [-0.4, -0.2) is 41.7 Å². The lowest BCUT2D eigenvalue weighted by molar-refractivity contribution is -0.135. The van der Waals surface area contributed by atoms with Gasteiger partial charge in [-0.05, 0) is 60.8 Å². The van der Waals surface area contributed by atoms with Crippen molar-refractivity contribution in [3.05, 3.63) is 28.2 Å². The maximum Gasteiger partial charge on any atom is 0.260 e. The Kier molecular flexibility index (Phi) is 7.02. The number of carbonyl (C=O) groups is 1. The third-order valence-corrected chi connectivity index (χ3v) is 3.56. The van der Waals surface area contributed by atoms with Crippen LogP contribution in [0.4, 0.5) is 0 Å². The fourth-order valence-corrected chi connectivity index (χ4v) is 2.46. The molecule has 1 rings (SSSR count). The molecule has 0 fully saturated rings. The number of aliphatic hydroxyl groups is 1. The molecular formula is C15H22BrNO3. The molecule has 0 aliphatic heterocycles. The lowest BCUT2D eigenvalue weighted by Gasteiger charge is -2.26. The largest absolute Gasteiger partial charge is 0.483 e. The van der Waals surface area contributed by atoms with Gasteiger partial charge in [0.25, 0.3) is 5.91 Å². The van der Waals surface area contributed by atoms with Crippen LogP contribution in [0.2, 0.25) is 0 Å². The van der Waals surface area contributed by atoms with E-state index in [1.165, 1.54) is 0 Å². The van der Waals surface area contributed by atoms with Crippen LogP contribution in [-0.2, 0) is 4.79 Å². The monoisotopic (exact) mass is 343 g/mol. The van der Waals surface area contributed by atoms with E-state index in [-0.39, 0.29) is 25.2 Å². The van der Waals surface area contributed by atoms with Gasteiger partial charge in [0.05, 0.1) is 4.47 Å². The van der Waals surface area contributed by atoms with Crippen LogP contribution >= 0.6 is 15.9 Å². The Hall–Kier alpha value is -1.07. The van der Waals surface area contributed by atoms with E-state index in [0.717, 1.165) is 10.0 Å². The molecule has 112 valence electrons. The molecule has 0 aliphatic rings. The number of nitrogens with zero attached hydrogens (tertiary/aromatic N) is 1. The van der Waals surface area contributed by atoms with Crippen LogP contribution in [0, 0.1) is 6.92 Å². The van der Waals surface area contributed by atoms with Gasteiger partial charge in [-0.25, -0.2) is 0 Å². The number of rotatable bonds is 7. The number of halogens is 1. The quantitative estimate of drug-likeness (QED) is 0.828. The Bertz CT molecular complexity index is 449. The van der Waals surface area contributed by atoms with Crippen molar-refractivity contribution in [2.24, 2.45) is 0 Å². The second-order valence-corrected chi connectivity index (χ2v) is 5.83. The average molecular weight is 344 g/mol. The number of benzene rings is 1. The molecule has 0 aliphatic carbocycles. The number of amides is 1. The fourth-order valence-electron chi connectivity index (χ4n) is 1.86. The number of ether oxygens (including phenoxy) is 1. The number of hydrogen-bond acceptors (Lipinski definition) is 3. The van der Waals surface area contributed by atoms with Gasteiger partial charge in [0.1, 0.15) is 5.75 Å². The van der Waals surface area contributed by atoms with E-state index >= 15 is 0 Å². The summed E-state index contributed by atoms with van der Waals surface area (Å²) in [6.07, 6.45) is 0.581. The molecule has 0 atom stereocenters. The predicted octanol–water partition coefficient (Wildman–Crippen LogP) is 2.76. The second kappa shape index (κ2) is 8.27. The van der Waals surface area contributed by atoms with Gasteiger partial charge in [0.2, 0.25) is 0 Å². The minimum absolute atomic E-state index is 0.00523. The third-order valence-electron chi connectivity index (χ3n) is 2.94. The maximum atomic E-state index is 12.1. The first-order valence-electron chi connectivity index (χ1n) is 6.75. The third kappa shape index (κ3) is 5.13. The number of carbonyl (C=O) groups excluding carboxylic acids is 1. The highest BCUT2D eigenvalue weighted by atomic mass is 79.9. The lowest BCUT2D eigenvalue weighted by atomic mass is 10.2. The molecule has 0 saturated carbocycles. The first kappa shape index (κ1) is 17.0. The summed E-state index contributed by atoms with van der Waals surface area (Å²) in [5, 5.41) is 8.87. The van der Waals surface area contributed by atoms with Crippen LogP contribution in [0.1, 0.15) is 25.8 Å². The molecule has 1 aromatic carbocycles. The Morgan fingerprint density at radius 3 is 2.70 bits per heavy atom. The second-order valence-electron chi connectivity index (χ2n) is 4.98. The minimum atomic E-state index is -0.0686. The molecule has 0 spiro atoms. The van der Waals surface area contributed by atoms with Crippen LogP contribution < -0.4 is 4.74 Å². The maximum absolute atomic E-state index is 12.1. The fraction of sp³-hybridized carbons (Fsp3) is 0.533. The Labute approximate surface area is 128 Å². The Balaban J connectivity index is 2.60. The van der Waals surface area contributed by atoms with Gasteiger partial charge in [-0.3, -0.25) is 4.79 Å². The van der Waals surface area contributed by atoms with Crippen molar-refractivity contribution in [1.82, 2.24) is 4.90 Å². The molecule has 0 saturated heterocycles. The van der Waals surface area contributed by atoms with E-state index in [1.54, 1.807) is 4.90 Å². The van der Waals surface area contributed by atoms with Crippen molar-refractivity contribution in [2.45, 2.75) is 33.2 Å². The van der Waals surface area contributed by atoms with E-state index in [4.69, 9.17) is 9.84 Å². The van der Waals surface area contributed by atoms with E-state index in [9.17, 15) is 4.79 Å². The first-order valence-corrected chi connectivity index (χ1v) is 7.54. The smallest absolute Gasteiger partial charge is 0.260 e. The lowest BCUT2D eigenvalue weighted by Crippen LogP contribution is -2.40. The number of aryl methyl sites for hydroxylation is 1. The molecule has 5 heteroatoms. The van der Waals surface area contributed by atoms with Crippen molar-refractivity contribution >= 4 is 21.8 Å². The molecule has 1 N–H and O–H groups in total. The van der Waals surface area contributed by atoms with Crippen molar-refractivity contribution in [3.8, 4) is 5.75 Å². The van der Waals surface area contributed by atoms with Gasteiger partial charge in [-0.1, -0.05) is 6.07 Å². The van der Waals surface area contributed by atoms with E-state index < -0.39 is 0 Å². The van der Waals surface area contributed by atoms with Gasteiger partial charge in [-0.15, -0.1) is 0 Å². The summed E-state index contributed by atoms with van der Waals surface area (Å²) in [5.74, 6) is 0.593. The zero-order valence-corrected chi connectivity index (χ0v) is 13.8. The highest BCUT2D eigenvalue weighted by molar-refractivity contribution is 9.10. The van der Waals surface area contributed by atoms with Gasteiger partial charge >= 0.3 is 0 Å². The highest BCUT2D eigenvalue weighted by Crippen LogP contribution is 2.25. The van der Waals surface area contributed by atoms with Gasteiger partial charge in [-0.2, -0.15) is 0 Å². The van der Waals surface area contributed by atoms with Crippen LogP contribution in [0.3, 0.4) is 0 Å². The summed E-state index contributed by atoms with van der Waals surface area (Å²) < 4.78 is 6.41. The van der Waals surface area contributed by atoms with Gasteiger partial charge in [0.15, 0.2) is 6.61 Å². The zero-order valence-electron chi connectivity index (χ0n) is 12.2. The van der Waals surface area contributed by atoms with Crippen molar-refractivity contribution in [3.63, 3.8) is 0 Å². The molecule has 4 nitrogen and oxygen atoms in total. The van der Waals surface area contributed by atoms with E-state index in [2.05, 4.69) is 15.9 Å². The summed E-state index contributed by atoms with van der Waals surface area (Å²) in [6.45, 7) is 6.54. The predicted molar refractivity (Wildman–Crippen MR) is 82.9 cm³/mol. The SMILES string of the molecule is Cc1ccc(OCC(=O)N(CCCO)C(C)C)c(Br)c1. The summed E-state index contributed by atoms with van der Waals surface area (Å²) >= 11 is 3.42. The average Bonchev–Trinajstić information content (AvgIpc) is 2.37. The first-order chi connectivity index (χ1) is 9.45. The molecule has 0 heterocycles. The van der Waals surface area contributed by atoms with Crippen molar-refractivity contribution in [2.75, 3.05) is 19.8 Å². The highest BCUT2D eigenvalue weighted by Gasteiger charge is 2.17. The topological polar surface area (TPSA) is 49.8 Å². The molecular weight excluding hydrogens is 322 g/mol. The summed E-state index contributed by atoms with van der Waals surface area (Å²) in [6, 6.07) is 5.83. The molecule has 0 aromatic heterocycles.